The summed E-state index contributed by atoms with van der Waals surface area (Å²) in [6, 6.07) is 0. The second-order valence-electron chi connectivity index (χ2n) is 5.57. The summed E-state index contributed by atoms with van der Waals surface area (Å²) in [5, 5.41) is 0. The van der Waals surface area contributed by atoms with Crippen LogP contribution in [0.4, 0.5) is 0 Å². The highest BCUT2D eigenvalue weighted by molar-refractivity contribution is 4.90. The largest absolute Gasteiger partial charge is 0.380 e. The lowest BCUT2D eigenvalue weighted by molar-refractivity contribution is -0.137. The molecule has 0 radical (unpaired) electrons. The molecule has 0 aromatic heterocycles. The SMILES string of the molecule is CC(C)CC1CCC2(CC1)COC2. The molecule has 0 aromatic carbocycles. The van der Waals surface area contributed by atoms with Crippen molar-refractivity contribution in [2.75, 3.05) is 13.2 Å². The molecule has 1 nitrogen and oxygen atoms in total. The van der Waals surface area contributed by atoms with Gasteiger partial charge in [0.25, 0.3) is 0 Å². The van der Waals surface area contributed by atoms with Gasteiger partial charge in [0.15, 0.2) is 0 Å². The van der Waals surface area contributed by atoms with Gasteiger partial charge in [-0.15, -0.1) is 0 Å². The van der Waals surface area contributed by atoms with Gasteiger partial charge in [0.1, 0.15) is 0 Å². The molecule has 1 saturated heterocycles. The minimum Gasteiger partial charge on any atom is -0.380 e. The van der Waals surface area contributed by atoms with Crippen LogP contribution < -0.4 is 0 Å². The average molecular weight is 182 g/mol. The molecule has 0 atom stereocenters. The van der Waals surface area contributed by atoms with Gasteiger partial charge in [-0.25, -0.2) is 0 Å². The summed E-state index contributed by atoms with van der Waals surface area (Å²) in [5.41, 5.74) is 0.646. The predicted octanol–water partition coefficient (Wildman–Crippen LogP) is 3.24. The molecule has 0 aromatic rings. The molecule has 1 spiro atoms. The molecular weight excluding hydrogens is 160 g/mol. The maximum Gasteiger partial charge on any atom is 0.0544 e. The third kappa shape index (κ3) is 2.07. The van der Waals surface area contributed by atoms with Crippen molar-refractivity contribution in [2.24, 2.45) is 17.3 Å². The van der Waals surface area contributed by atoms with E-state index in [2.05, 4.69) is 13.8 Å². The fourth-order valence-corrected chi connectivity index (χ4v) is 2.87. The van der Waals surface area contributed by atoms with Crippen molar-refractivity contribution in [1.82, 2.24) is 0 Å². The first-order chi connectivity index (χ1) is 6.20. The molecule has 2 aliphatic rings. The van der Waals surface area contributed by atoms with E-state index in [0.29, 0.717) is 5.41 Å². The van der Waals surface area contributed by atoms with E-state index in [4.69, 9.17) is 4.74 Å². The summed E-state index contributed by atoms with van der Waals surface area (Å²) in [6.07, 6.45) is 7.23. The van der Waals surface area contributed by atoms with Crippen LogP contribution in [-0.4, -0.2) is 13.2 Å². The lowest BCUT2D eigenvalue weighted by Gasteiger charge is -2.46. The van der Waals surface area contributed by atoms with Crippen LogP contribution in [-0.2, 0) is 4.74 Å². The molecule has 13 heavy (non-hydrogen) atoms. The van der Waals surface area contributed by atoms with E-state index in [1.807, 2.05) is 0 Å². The third-order valence-electron chi connectivity index (χ3n) is 3.79. The molecule has 1 aliphatic carbocycles. The van der Waals surface area contributed by atoms with E-state index >= 15 is 0 Å². The molecule has 0 amide bonds. The van der Waals surface area contributed by atoms with Gasteiger partial charge in [0.2, 0.25) is 0 Å². The van der Waals surface area contributed by atoms with Crippen LogP contribution in [0.25, 0.3) is 0 Å². The minimum absolute atomic E-state index is 0.646. The minimum atomic E-state index is 0.646. The summed E-state index contributed by atoms with van der Waals surface area (Å²) in [6.45, 7) is 6.80. The van der Waals surface area contributed by atoms with Crippen LogP contribution in [0.3, 0.4) is 0 Å². The summed E-state index contributed by atoms with van der Waals surface area (Å²) >= 11 is 0. The van der Waals surface area contributed by atoms with Crippen molar-refractivity contribution in [3.63, 3.8) is 0 Å². The Kier molecular flexibility index (Phi) is 2.64. The standard InChI is InChI=1S/C12H22O/c1-10(2)7-11-3-5-12(6-4-11)8-13-9-12/h10-11H,3-9H2,1-2H3. The number of ether oxygens (including phenoxy) is 1. The zero-order valence-corrected chi connectivity index (χ0v) is 9.01. The summed E-state index contributed by atoms with van der Waals surface area (Å²) in [4.78, 5) is 0. The number of rotatable bonds is 2. The van der Waals surface area contributed by atoms with E-state index in [9.17, 15) is 0 Å². The first-order valence-electron chi connectivity index (χ1n) is 5.78. The van der Waals surface area contributed by atoms with E-state index in [-0.39, 0.29) is 0 Å². The maximum absolute atomic E-state index is 5.33. The van der Waals surface area contributed by atoms with Crippen LogP contribution in [0.2, 0.25) is 0 Å². The molecule has 1 heteroatoms. The van der Waals surface area contributed by atoms with Gasteiger partial charge in [0, 0.05) is 5.41 Å². The van der Waals surface area contributed by atoms with Crippen LogP contribution in [0.15, 0.2) is 0 Å². The summed E-state index contributed by atoms with van der Waals surface area (Å²) < 4.78 is 5.33. The Labute approximate surface area is 81.9 Å². The molecule has 2 fully saturated rings. The third-order valence-corrected chi connectivity index (χ3v) is 3.79. The average Bonchev–Trinajstić information content (AvgIpc) is 2.02. The van der Waals surface area contributed by atoms with Crippen molar-refractivity contribution in [1.29, 1.82) is 0 Å². The molecular formula is C12H22O. The summed E-state index contributed by atoms with van der Waals surface area (Å²) in [5.74, 6) is 1.91. The first-order valence-corrected chi connectivity index (χ1v) is 5.78. The lowest BCUT2D eigenvalue weighted by atomic mass is 9.68. The highest BCUT2D eigenvalue weighted by Gasteiger charge is 2.41. The fraction of sp³-hybridized carbons (Fsp3) is 1.00. The Bertz CT molecular complexity index is 160. The maximum atomic E-state index is 5.33. The summed E-state index contributed by atoms with van der Waals surface area (Å²) in [7, 11) is 0. The van der Waals surface area contributed by atoms with Gasteiger partial charge in [-0.1, -0.05) is 13.8 Å². The van der Waals surface area contributed by atoms with Gasteiger partial charge >= 0.3 is 0 Å². The van der Waals surface area contributed by atoms with Gasteiger partial charge < -0.3 is 4.74 Å². The number of hydrogen-bond donors (Lipinski definition) is 0. The van der Waals surface area contributed by atoms with Crippen molar-refractivity contribution in [3.8, 4) is 0 Å². The predicted molar refractivity (Wildman–Crippen MR) is 54.7 cm³/mol. The van der Waals surface area contributed by atoms with E-state index in [1.165, 1.54) is 32.1 Å². The first kappa shape index (κ1) is 9.51. The molecule has 0 unspecified atom stereocenters. The fourth-order valence-electron chi connectivity index (χ4n) is 2.87. The molecule has 1 heterocycles. The molecule has 0 bridgehead atoms. The van der Waals surface area contributed by atoms with E-state index in [0.717, 1.165) is 25.0 Å². The molecule has 76 valence electrons. The Balaban J connectivity index is 1.76. The quantitative estimate of drug-likeness (QED) is 0.637. The second kappa shape index (κ2) is 3.61. The highest BCUT2D eigenvalue weighted by Crippen LogP contribution is 2.45. The van der Waals surface area contributed by atoms with E-state index < -0.39 is 0 Å². The van der Waals surface area contributed by atoms with Crippen molar-refractivity contribution in [3.05, 3.63) is 0 Å². The second-order valence-corrected chi connectivity index (χ2v) is 5.57. The monoisotopic (exact) mass is 182 g/mol. The lowest BCUT2D eigenvalue weighted by Crippen LogP contribution is -2.45. The molecule has 1 saturated carbocycles. The van der Waals surface area contributed by atoms with Crippen LogP contribution in [0.1, 0.15) is 46.0 Å². The normalized spacial score (nSPS) is 27.9. The van der Waals surface area contributed by atoms with Crippen LogP contribution >= 0.6 is 0 Å². The van der Waals surface area contributed by atoms with Crippen molar-refractivity contribution in [2.45, 2.75) is 46.0 Å². The molecule has 0 N–H and O–H groups in total. The molecule has 1 aliphatic heterocycles. The van der Waals surface area contributed by atoms with Gasteiger partial charge in [-0.2, -0.15) is 0 Å². The van der Waals surface area contributed by atoms with Gasteiger partial charge in [0.05, 0.1) is 13.2 Å². The topological polar surface area (TPSA) is 9.23 Å². The Morgan fingerprint density at radius 2 is 1.85 bits per heavy atom. The zero-order chi connectivity index (χ0) is 9.31. The van der Waals surface area contributed by atoms with Crippen LogP contribution in [0.5, 0.6) is 0 Å². The zero-order valence-electron chi connectivity index (χ0n) is 9.01. The van der Waals surface area contributed by atoms with Crippen LogP contribution in [0, 0.1) is 17.3 Å². The molecule has 2 rings (SSSR count). The Hall–Kier alpha value is -0.0400. The Morgan fingerprint density at radius 1 is 1.23 bits per heavy atom. The van der Waals surface area contributed by atoms with Gasteiger partial charge in [-0.3, -0.25) is 0 Å². The van der Waals surface area contributed by atoms with Gasteiger partial charge in [-0.05, 0) is 43.9 Å². The highest BCUT2D eigenvalue weighted by atomic mass is 16.5. The van der Waals surface area contributed by atoms with Crippen molar-refractivity contribution >= 4 is 0 Å². The smallest absolute Gasteiger partial charge is 0.0544 e. The van der Waals surface area contributed by atoms with E-state index in [1.54, 1.807) is 0 Å². The Morgan fingerprint density at radius 3 is 2.23 bits per heavy atom. The number of hydrogen-bond acceptors (Lipinski definition) is 1. The van der Waals surface area contributed by atoms with Crippen molar-refractivity contribution < 1.29 is 4.74 Å².